The van der Waals surface area contributed by atoms with E-state index < -0.39 is 0 Å². The van der Waals surface area contributed by atoms with Crippen LogP contribution >= 0.6 is 11.6 Å². The minimum absolute atomic E-state index is 0.165. The van der Waals surface area contributed by atoms with E-state index in [9.17, 15) is 4.79 Å². The maximum atomic E-state index is 11.8. The molecular formula is C15H15ClN2O3. The number of halogens is 1. The van der Waals surface area contributed by atoms with Gasteiger partial charge in [0.25, 0.3) is 5.91 Å². The van der Waals surface area contributed by atoms with Crippen LogP contribution in [0.1, 0.15) is 0 Å². The number of amides is 1. The van der Waals surface area contributed by atoms with Crippen LogP contribution in [0.3, 0.4) is 0 Å². The Bertz CT molecular complexity index is 647. The molecule has 3 N–H and O–H groups in total. The van der Waals surface area contributed by atoms with Gasteiger partial charge in [0.05, 0.1) is 12.8 Å². The summed E-state index contributed by atoms with van der Waals surface area (Å²) in [6.45, 7) is -0.165. The minimum atomic E-state index is -0.303. The predicted molar refractivity (Wildman–Crippen MR) is 83.0 cm³/mol. The van der Waals surface area contributed by atoms with Crippen LogP contribution in [0.5, 0.6) is 11.5 Å². The van der Waals surface area contributed by atoms with Crippen LogP contribution in [-0.4, -0.2) is 19.6 Å². The molecule has 6 heteroatoms. The summed E-state index contributed by atoms with van der Waals surface area (Å²) >= 11 is 5.85. The Labute approximate surface area is 127 Å². The quantitative estimate of drug-likeness (QED) is 0.833. The van der Waals surface area contributed by atoms with E-state index in [1.54, 1.807) is 49.6 Å². The topological polar surface area (TPSA) is 73.6 Å². The van der Waals surface area contributed by atoms with E-state index in [-0.39, 0.29) is 12.5 Å². The van der Waals surface area contributed by atoms with Crippen molar-refractivity contribution in [3.05, 3.63) is 47.5 Å². The molecule has 0 aliphatic rings. The molecule has 0 bridgehead atoms. The number of carbonyl (C=O) groups excluding carboxylic acids is 1. The zero-order valence-corrected chi connectivity index (χ0v) is 12.2. The Morgan fingerprint density at radius 1 is 1.29 bits per heavy atom. The van der Waals surface area contributed by atoms with Crippen LogP contribution in [0, 0.1) is 0 Å². The number of anilines is 2. The lowest BCUT2D eigenvalue weighted by Gasteiger charge is -2.10. The van der Waals surface area contributed by atoms with Crippen LogP contribution < -0.4 is 20.5 Å². The Balaban J connectivity index is 1.94. The number of ether oxygens (including phenoxy) is 2. The maximum Gasteiger partial charge on any atom is 0.262 e. The third-order valence-corrected chi connectivity index (χ3v) is 2.92. The number of hydrogen-bond donors (Lipinski definition) is 2. The van der Waals surface area contributed by atoms with Gasteiger partial charge in [-0.25, -0.2) is 0 Å². The maximum absolute atomic E-state index is 11.8. The number of nitrogens with one attached hydrogen (secondary N) is 1. The first-order chi connectivity index (χ1) is 10.1. The highest BCUT2D eigenvalue weighted by Gasteiger charge is 2.07. The summed E-state index contributed by atoms with van der Waals surface area (Å²) in [6, 6.07) is 11.9. The van der Waals surface area contributed by atoms with E-state index in [2.05, 4.69) is 5.32 Å². The molecule has 0 heterocycles. The van der Waals surface area contributed by atoms with Crippen molar-refractivity contribution in [2.75, 3.05) is 24.8 Å². The van der Waals surface area contributed by atoms with Crippen molar-refractivity contribution in [3.63, 3.8) is 0 Å². The minimum Gasteiger partial charge on any atom is -0.497 e. The first kappa shape index (κ1) is 15.0. The van der Waals surface area contributed by atoms with Crippen molar-refractivity contribution in [1.82, 2.24) is 0 Å². The molecule has 2 rings (SSSR count). The van der Waals surface area contributed by atoms with Crippen molar-refractivity contribution in [2.24, 2.45) is 0 Å². The highest BCUT2D eigenvalue weighted by molar-refractivity contribution is 6.30. The smallest absolute Gasteiger partial charge is 0.262 e. The van der Waals surface area contributed by atoms with Gasteiger partial charge in [0, 0.05) is 22.8 Å². The Hall–Kier alpha value is -2.40. The summed E-state index contributed by atoms with van der Waals surface area (Å²) in [6.07, 6.45) is 0. The molecule has 2 aromatic rings. The predicted octanol–water partition coefficient (Wildman–Crippen LogP) is 2.95. The van der Waals surface area contributed by atoms with Gasteiger partial charge < -0.3 is 20.5 Å². The van der Waals surface area contributed by atoms with Crippen LogP contribution in [0.4, 0.5) is 11.4 Å². The monoisotopic (exact) mass is 306 g/mol. The van der Waals surface area contributed by atoms with Crippen molar-refractivity contribution in [1.29, 1.82) is 0 Å². The van der Waals surface area contributed by atoms with Gasteiger partial charge >= 0.3 is 0 Å². The fraction of sp³-hybridized carbons (Fsp3) is 0.133. The van der Waals surface area contributed by atoms with Crippen LogP contribution in [0.2, 0.25) is 5.02 Å². The summed E-state index contributed by atoms with van der Waals surface area (Å²) in [5.41, 5.74) is 6.79. The number of methoxy groups -OCH3 is 1. The number of rotatable bonds is 5. The molecule has 0 aliphatic carbocycles. The number of nitrogens with two attached hydrogens (primary N) is 1. The van der Waals surface area contributed by atoms with E-state index in [0.29, 0.717) is 27.9 Å². The van der Waals surface area contributed by atoms with Gasteiger partial charge in [-0.15, -0.1) is 0 Å². The van der Waals surface area contributed by atoms with Gasteiger partial charge in [-0.2, -0.15) is 0 Å². The van der Waals surface area contributed by atoms with Crippen molar-refractivity contribution in [3.8, 4) is 11.5 Å². The van der Waals surface area contributed by atoms with Gasteiger partial charge in [-0.1, -0.05) is 17.7 Å². The number of benzene rings is 2. The molecule has 0 fully saturated rings. The summed E-state index contributed by atoms with van der Waals surface area (Å²) in [4.78, 5) is 11.8. The molecule has 0 aliphatic heterocycles. The number of hydrogen-bond acceptors (Lipinski definition) is 4. The van der Waals surface area contributed by atoms with E-state index in [1.807, 2.05) is 0 Å². The molecule has 0 atom stereocenters. The van der Waals surface area contributed by atoms with E-state index in [0.717, 1.165) is 0 Å². The zero-order chi connectivity index (χ0) is 15.2. The molecule has 0 radical (unpaired) electrons. The Morgan fingerprint density at radius 3 is 2.86 bits per heavy atom. The molecule has 2 aromatic carbocycles. The van der Waals surface area contributed by atoms with E-state index >= 15 is 0 Å². The number of carbonyl (C=O) groups is 1. The van der Waals surface area contributed by atoms with Gasteiger partial charge in [-0.3, -0.25) is 4.79 Å². The lowest BCUT2D eigenvalue weighted by molar-refractivity contribution is -0.118. The van der Waals surface area contributed by atoms with Crippen molar-refractivity contribution < 1.29 is 14.3 Å². The average Bonchev–Trinajstić information content (AvgIpc) is 2.48. The first-order valence-electron chi connectivity index (χ1n) is 6.20. The standard InChI is InChI=1S/C15H15ClN2O3/c1-20-12-4-2-3-11(8-12)18-15(19)9-21-14-7-10(16)5-6-13(14)17/h2-8H,9,17H2,1H3,(H,18,19). The van der Waals surface area contributed by atoms with Crippen LogP contribution in [0.25, 0.3) is 0 Å². The van der Waals surface area contributed by atoms with E-state index in [1.165, 1.54) is 0 Å². The summed E-state index contributed by atoms with van der Waals surface area (Å²) in [7, 11) is 1.56. The Morgan fingerprint density at radius 2 is 2.10 bits per heavy atom. The Kier molecular flexibility index (Phi) is 4.90. The SMILES string of the molecule is COc1cccc(NC(=O)COc2cc(Cl)ccc2N)c1. The van der Waals surface area contributed by atoms with Crippen molar-refractivity contribution in [2.45, 2.75) is 0 Å². The summed E-state index contributed by atoms with van der Waals surface area (Å²) < 4.78 is 10.4. The largest absolute Gasteiger partial charge is 0.497 e. The third kappa shape index (κ3) is 4.29. The molecule has 0 saturated heterocycles. The first-order valence-corrected chi connectivity index (χ1v) is 6.58. The third-order valence-electron chi connectivity index (χ3n) is 2.69. The average molecular weight is 307 g/mol. The van der Waals surface area contributed by atoms with Crippen LogP contribution in [0.15, 0.2) is 42.5 Å². The van der Waals surface area contributed by atoms with Gasteiger partial charge in [0.15, 0.2) is 6.61 Å². The molecule has 21 heavy (non-hydrogen) atoms. The second-order valence-corrected chi connectivity index (χ2v) is 4.69. The van der Waals surface area contributed by atoms with Gasteiger partial charge in [-0.05, 0) is 24.3 Å². The lowest BCUT2D eigenvalue weighted by atomic mass is 10.3. The lowest BCUT2D eigenvalue weighted by Crippen LogP contribution is -2.20. The second-order valence-electron chi connectivity index (χ2n) is 4.25. The highest BCUT2D eigenvalue weighted by Crippen LogP contribution is 2.25. The number of nitrogen functional groups attached to an aromatic ring is 1. The molecule has 1 amide bonds. The molecular weight excluding hydrogens is 292 g/mol. The molecule has 0 aromatic heterocycles. The van der Waals surface area contributed by atoms with Crippen molar-refractivity contribution >= 4 is 28.9 Å². The summed E-state index contributed by atoms with van der Waals surface area (Å²) in [5, 5.41) is 3.20. The van der Waals surface area contributed by atoms with E-state index in [4.69, 9.17) is 26.8 Å². The van der Waals surface area contributed by atoms with Gasteiger partial charge in [0.1, 0.15) is 11.5 Å². The second kappa shape index (κ2) is 6.85. The fourth-order valence-electron chi connectivity index (χ4n) is 1.67. The highest BCUT2D eigenvalue weighted by atomic mass is 35.5. The fourth-order valence-corrected chi connectivity index (χ4v) is 1.84. The van der Waals surface area contributed by atoms with Gasteiger partial charge in [0.2, 0.25) is 0 Å². The summed E-state index contributed by atoms with van der Waals surface area (Å²) in [5.74, 6) is 0.735. The molecule has 110 valence electrons. The zero-order valence-electron chi connectivity index (χ0n) is 11.4. The normalized spacial score (nSPS) is 10.0. The molecule has 5 nitrogen and oxygen atoms in total. The molecule has 0 spiro atoms. The van der Waals surface area contributed by atoms with Crippen LogP contribution in [-0.2, 0) is 4.79 Å². The molecule has 0 saturated carbocycles. The molecule has 0 unspecified atom stereocenters.